The highest BCUT2D eigenvalue weighted by atomic mass is 16.4. The lowest BCUT2D eigenvalue weighted by molar-refractivity contribution is 0.582. The molecule has 0 aliphatic rings. The molecule has 0 N–H and O–H groups in total. The summed E-state index contributed by atoms with van der Waals surface area (Å²) in [6.07, 6.45) is 0. The van der Waals surface area contributed by atoms with Crippen LogP contribution in [0.25, 0.3) is 34.0 Å². The van der Waals surface area contributed by atoms with E-state index in [1.165, 1.54) is 22.3 Å². The molecule has 0 spiro atoms. The number of nitrogens with zero attached hydrogens (tertiary/aromatic N) is 2. The van der Waals surface area contributed by atoms with Gasteiger partial charge in [0.1, 0.15) is 0 Å². The molecule has 1 heterocycles. The lowest BCUT2D eigenvalue weighted by Crippen LogP contribution is -2.10. The summed E-state index contributed by atoms with van der Waals surface area (Å²) in [5.74, 6) is 1.61. The molecule has 0 saturated heterocycles. The third-order valence-electron chi connectivity index (χ3n) is 5.47. The van der Waals surface area contributed by atoms with Crippen LogP contribution in [-0.4, -0.2) is 10.2 Å². The molecule has 4 rings (SSSR count). The largest absolute Gasteiger partial charge is 0.416 e. The zero-order valence-corrected chi connectivity index (χ0v) is 18.3. The summed E-state index contributed by atoms with van der Waals surface area (Å²) in [6, 6.07) is 25.3. The number of aromatic nitrogens is 2. The van der Waals surface area contributed by atoms with E-state index in [1.54, 1.807) is 0 Å². The van der Waals surface area contributed by atoms with Crippen molar-refractivity contribution >= 4 is 0 Å². The third kappa shape index (κ3) is 4.20. The van der Waals surface area contributed by atoms with Crippen molar-refractivity contribution in [2.75, 3.05) is 0 Å². The van der Waals surface area contributed by atoms with Crippen molar-refractivity contribution in [1.29, 1.82) is 0 Å². The van der Waals surface area contributed by atoms with Crippen molar-refractivity contribution in [1.82, 2.24) is 10.2 Å². The molecule has 3 heteroatoms. The van der Waals surface area contributed by atoms with E-state index in [-0.39, 0.29) is 5.41 Å². The van der Waals surface area contributed by atoms with Crippen molar-refractivity contribution in [2.24, 2.45) is 0 Å². The Bertz CT molecular complexity index is 1110. The van der Waals surface area contributed by atoms with Crippen molar-refractivity contribution in [2.45, 2.75) is 46.0 Å². The molecule has 152 valence electrons. The highest BCUT2D eigenvalue weighted by Crippen LogP contribution is 2.29. The molecule has 0 aliphatic heterocycles. The van der Waals surface area contributed by atoms with Gasteiger partial charge < -0.3 is 4.42 Å². The molecular formula is C27H28N2O. The molecule has 30 heavy (non-hydrogen) atoms. The van der Waals surface area contributed by atoms with Gasteiger partial charge in [0.05, 0.1) is 0 Å². The van der Waals surface area contributed by atoms with Gasteiger partial charge >= 0.3 is 0 Å². The highest BCUT2D eigenvalue weighted by Gasteiger charge is 2.15. The maximum absolute atomic E-state index is 5.95. The van der Waals surface area contributed by atoms with E-state index in [9.17, 15) is 0 Å². The Kier molecular flexibility index (Phi) is 5.29. The second kappa shape index (κ2) is 7.91. The van der Waals surface area contributed by atoms with Crippen LogP contribution in [0.4, 0.5) is 0 Å². The molecule has 0 saturated carbocycles. The lowest BCUT2D eigenvalue weighted by Gasteiger charge is -2.18. The topological polar surface area (TPSA) is 38.9 Å². The van der Waals surface area contributed by atoms with Crippen LogP contribution in [0.15, 0.2) is 77.2 Å². The minimum Gasteiger partial charge on any atom is -0.416 e. The standard InChI is InChI=1S/C27H28N2O/c1-18(2)19-6-8-20(9-7-19)21-10-12-22(13-11-21)25-28-29-26(30-25)23-14-16-24(17-15-23)27(3,4)5/h6-18H,1-5H3. The van der Waals surface area contributed by atoms with Crippen LogP contribution >= 0.6 is 0 Å². The summed E-state index contributed by atoms with van der Waals surface area (Å²) in [5.41, 5.74) is 6.98. The minimum absolute atomic E-state index is 0.120. The molecule has 0 atom stereocenters. The average molecular weight is 397 g/mol. The summed E-state index contributed by atoms with van der Waals surface area (Å²) in [5, 5.41) is 8.50. The van der Waals surface area contributed by atoms with Crippen LogP contribution in [0, 0.1) is 0 Å². The second-order valence-electron chi connectivity index (χ2n) is 9.09. The van der Waals surface area contributed by atoms with Crippen molar-refractivity contribution in [3.8, 4) is 34.0 Å². The van der Waals surface area contributed by atoms with Crippen molar-refractivity contribution < 1.29 is 4.42 Å². The van der Waals surface area contributed by atoms with Gasteiger partial charge in [-0.25, -0.2) is 0 Å². The van der Waals surface area contributed by atoms with E-state index in [0.29, 0.717) is 17.7 Å². The van der Waals surface area contributed by atoms with E-state index >= 15 is 0 Å². The van der Waals surface area contributed by atoms with Gasteiger partial charge in [0.2, 0.25) is 11.8 Å². The van der Waals surface area contributed by atoms with Crippen LogP contribution in [-0.2, 0) is 5.41 Å². The Hall–Kier alpha value is -3.20. The molecule has 0 bridgehead atoms. The van der Waals surface area contributed by atoms with Crippen LogP contribution in [0.3, 0.4) is 0 Å². The Morgan fingerprint density at radius 1 is 0.600 bits per heavy atom. The van der Waals surface area contributed by atoms with Gasteiger partial charge in [0.25, 0.3) is 0 Å². The minimum atomic E-state index is 0.120. The summed E-state index contributed by atoms with van der Waals surface area (Å²) in [4.78, 5) is 0. The van der Waals surface area contributed by atoms with E-state index in [1.807, 2.05) is 24.3 Å². The van der Waals surface area contributed by atoms with Crippen LogP contribution in [0.1, 0.15) is 51.7 Å². The van der Waals surface area contributed by atoms with Crippen LogP contribution in [0.2, 0.25) is 0 Å². The fourth-order valence-electron chi connectivity index (χ4n) is 3.44. The lowest BCUT2D eigenvalue weighted by atomic mass is 9.87. The fourth-order valence-corrected chi connectivity index (χ4v) is 3.44. The van der Waals surface area contributed by atoms with Gasteiger partial charge in [0, 0.05) is 11.1 Å². The normalized spacial score (nSPS) is 11.8. The molecule has 4 aromatic rings. The molecular weight excluding hydrogens is 368 g/mol. The van der Waals surface area contributed by atoms with Crippen LogP contribution in [0.5, 0.6) is 0 Å². The zero-order chi connectivity index (χ0) is 21.3. The molecule has 0 unspecified atom stereocenters. The highest BCUT2D eigenvalue weighted by molar-refractivity contribution is 5.68. The smallest absolute Gasteiger partial charge is 0.248 e. The molecule has 0 radical (unpaired) electrons. The van der Waals surface area contributed by atoms with Gasteiger partial charge in [-0.05, 0) is 57.9 Å². The maximum atomic E-state index is 5.95. The van der Waals surface area contributed by atoms with Gasteiger partial charge in [-0.15, -0.1) is 10.2 Å². The van der Waals surface area contributed by atoms with Gasteiger partial charge in [-0.1, -0.05) is 83.1 Å². The first-order valence-electron chi connectivity index (χ1n) is 10.5. The maximum Gasteiger partial charge on any atom is 0.248 e. The van der Waals surface area contributed by atoms with E-state index in [4.69, 9.17) is 4.42 Å². The SMILES string of the molecule is CC(C)c1ccc(-c2ccc(-c3nnc(-c4ccc(C(C)(C)C)cc4)o3)cc2)cc1. The predicted molar refractivity (Wildman–Crippen MR) is 123 cm³/mol. The van der Waals surface area contributed by atoms with Crippen molar-refractivity contribution in [3.05, 3.63) is 83.9 Å². The second-order valence-corrected chi connectivity index (χ2v) is 9.09. The third-order valence-corrected chi connectivity index (χ3v) is 5.47. The van der Waals surface area contributed by atoms with Gasteiger partial charge in [0.15, 0.2) is 0 Å². The summed E-state index contributed by atoms with van der Waals surface area (Å²) in [6.45, 7) is 11.0. The van der Waals surface area contributed by atoms with E-state index < -0.39 is 0 Å². The van der Waals surface area contributed by atoms with E-state index in [2.05, 4.69) is 93.3 Å². The number of rotatable bonds is 4. The molecule has 0 fully saturated rings. The number of hydrogen-bond donors (Lipinski definition) is 0. The zero-order valence-electron chi connectivity index (χ0n) is 18.3. The molecule has 0 amide bonds. The Morgan fingerprint density at radius 2 is 1.00 bits per heavy atom. The first-order valence-corrected chi connectivity index (χ1v) is 10.5. The summed E-state index contributed by atoms with van der Waals surface area (Å²) < 4.78 is 5.95. The van der Waals surface area contributed by atoms with Crippen LogP contribution < -0.4 is 0 Å². The quantitative estimate of drug-likeness (QED) is 0.359. The van der Waals surface area contributed by atoms with Crippen molar-refractivity contribution in [3.63, 3.8) is 0 Å². The average Bonchev–Trinajstić information content (AvgIpc) is 3.24. The fraction of sp³-hybridized carbons (Fsp3) is 0.259. The molecule has 1 aromatic heterocycles. The Balaban J connectivity index is 1.53. The molecule has 0 aliphatic carbocycles. The summed E-state index contributed by atoms with van der Waals surface area (Å²) in [7, 11) is 0. The first kappa shape index (κ1) is 20.1. The Labute approximate surface area is 178 Å². The molecule has 3 aromatic carbocycles. The molecule has 3 nitrogen and oxygen atoms in total. The van der Waals surface area contributed by atoms with Gasteiger partial charge in [-0.3, -0.25) is 0 Å². The Morgan fingerprint density at radius 3 is 1.43 bits per heavy atom. The first-order chi connectivity index (χ1) is 14.3. The summed E-state index contributed by atoms with van der Waals surface area (Å²) >= 11 is 0. The predicted octanol–water partition coefficient (Wildman–Crippen LogP) is 7.49. The van der Waals surface area contributed by atoms with E-state index in [0.717, 1.165) is 11.1 Å². The monoisotopic (exact) mass is 396 g/mol. The van der Waals surface area contributed by atoms with Gasteiger partial charge in [-0.2, -0.15) is 0 Å². The number of hydrogen-bond acceptors (Lipinski definition) is 3. The number of benzene rings is 3.